The van der Waals surface area contributed by atoms with Gasteiger partial charge in [0.05, 0.1) is 0 Å². The normalized spacial score (nSPS) is 12.5. The van der Waals surface area contributed by atoms with E-state index in [1.54, 1.807) is 24.4 Å². The molecule has 0 saturated carbocycles. The molecule has 0 radical (unpaired) electrons. The van der Waals surface area contributed by atoms with Gasteiger partial charge in [-0.2, -0.15) is 0 Å². The summed E-state index contributed by atoms with van der Waals surface area (Å²) in [5.74, 6) is -0.299. The molecular formula is C13H17N3O3. The van der Waals surface area contributed by atoms with Crippen molar-refractivity contribution in [2.45, 2.75) is 12.5 Å². The fraction of sp³-hybridized carbons (Fsp3) is 0.308. The van der Waals surface area contributed by atoms with Crippen molar-refractivity contribution in [2.24, 2.45) is 11.5 Å². The number of rotatable bonds is 5. The van der Waals surface area contributed by atoms with E-state index in [1.807, 2.05) is 0 Å². The van der Waals surface area contributed by atoms with Crippen molar-refractivity contribution < 1.29 is 14.6 Å². The first-order valence-electron chi connectivity index (χ1n) is 6.03. The Labute approximate surface area is 110 Å². The van der Waals surface area contributed by atoms with Gasteiger partial charge in [-0.05, 0) is 23.8 Å². The van der Waals surface area contributed by atoms with Gasteiger partial charge in [0, 0.05) is 30.1 Å². The molecule has 1 aromatic heterocycles. The van der Waals surface area contributed by atoms with Crippen molar-refractivity contribution in [1.29, 1.82) is 0 Å². The van der Waals surface area contributed by atoms with Gasteiger partial charge in [0.1, 0.15) is 18.4 Å². The molecule has 0 aliphatic carbocycles. The second-order valence-electron chi connectivity index (χ2n) is 4.31. The summed E-state index contributed by atoms with van der Waals surface area (Å²) >= 11 is 0. The number of esters is 1. The van der Waals surface area contributed by atoms with Crippen molar-refractivity contribution in [3.05, 3.63) is 30.0 Å². The van der Waals surface area contributed by atoms with E-state index in [0.717, 1.165) is 16.5 Å². The second-order valence-corrected chi connectivity index (χ2v) is 4.31. The summed E-state index contributed by atoms with van der Waals surface area (Å²) in [5, 5.41) is 10.3. The Bertz CT molecular complexity index is 580. The molecule has 0 fully saturated rings. The number of aromatic amines is 1. The number of carbonyl (C=O) groups excluding carboxylic acids is 1. The molecule has 6 heteroatoms. The van der Waals surface area contributed by atoms with E-state index in [4.69, 9.17) is 16.2 Å². The highest BCUT2D eigenvalue weighted by Gasteiger charge is 2.17. The average Bonchev–Trinajstić information content (AvgIpc) is 2.78. The highest BCUT2D eigenvalue weighted by molar-refractivity contribution is 5.85. The van der Waals surface area contributed by atoms with Gasteiger partial charge in [-0.15, -0.1) is 0 Å². The lowest BCUT2D eigenvalue weighted by atomic mass is 10.1. The van der Waals surface area contributed by atoms with E-state index in [9.17, 15) is 9.90 Å². The number of phenolic OH excluding ortho intramolecular Hbond substituents is 1. The van der Waals surface area contributed by atoms with Crippen LogP contribution in [-0.4, -0.2) is 35.3 Å². The molecule has 0 spiro atoms. The number of benzene rings is 1. The van der Waals surface area contributed by atoms with Gasteiger partial charge in [0.25, 0.3) is 0 Å². The van der Waals surface area contributed by atoms with Crippen molar-refractivity contribution in [3.8, 4) is 5.75 Å². The van der Waals surface area contributed by atoms with Gasteiger partial charge in [-0.3, -0.25) is 4.79 Å². The topological polar surface area (TPSA) is 114 Å². The highest BCUT2D eigenvalue weighted by Crippen LogP contribution is 2.23. The van der Waals surface area contributed by atoms with E-state index in [-0.39, 0.29) is 18.9 Å². The molecule has 0 aliphatic rings. The zero-order valence-corrected chi connectivity index (χ0v) is 10.4. The van der Waals surface area contributed by atoms with Gasteiger partial charge in [-0.1, -0.05) is 0 Å². The van der Waals surface area contributed by atoms with Crippen LogP contribution in [0.5, 0.6) is 5.75 Å². The Morgan fingerprint density at radius 2 is 2.26 bits per heavy atom. The summed E-state index contributed by atoms with van der Waals surface area (Å²) in [4.78, 5) is 14.6. The van der Waals surface area contributed by atoms with Crippen LogP contribution in [0.25, 0.3) is 10.9 Å². The fourth-order valence-electron chi connectivity index (χ4n) is 1.92. The van der Waals surface area contributed by atoms with Crippen molar-refractivity contribution in [3.63, 3.8) is 0 Å². The van der Waals surface area contributed by atoms with Gasteiger partial charge in [-0.25, -0.2) is 0 Å². The van der Waals surface area contributed by atoms with E-state index < -0.39 is 12.0 Å². The van der Waals surface area contributed by atoms with E-state index in [0.29, 0.717) is 6.42 Å². The molecular weight excluding hydrogens is 246 g/mol. The van der Waals surface area contributed by atoms with Gasteiger partial charge < -0.3 is 26.3 Å². The molecule has 0 amide bonds. The average molecular weight is 263 g/mol. The number of hydrogen-bond acceptors (Lipinski definition) is 5. The quantitative estimate of drug-likeness (QED) is 0.577. The molecule has 6 nitrogen and oxygen atoms in total. The van der Waals surface area contributed by atoms with E-state index in [1.165, 1.54) is 0 Å². The van der Waals surface area contributed by atoms with Crippen molar-refractivity contribution >= 4 is 16.9 Å². The first-order chi connectivity index (χ1) is 9.11. The first kappa shape index (κ1) is 13.4. The number of phenols is 1. The third-order valence-electron chi connectivity index (χ3n) is 2.86. The molecule has 0 bridgehead atoms. The number of nitrogens with one attached hydrogen (secondary N) is 1. The number of hydrogen-bond donors (Lipinski definition) is 4. The predicted molar refractivity (Wildman–Crippen MR) is 71.7 cm³/mol. The number of ether oxygens (including phenoxy) is 1. The van der Waals surface area contributed by atoms with Crippen LogP contribution >= 0.6 is 0 Å². The minimum absolute atomic E-state index is 0.168. The standard InChI is InChI=1S/C13H17N3O3/c14-3-4-19-13(18)11(15)5-8-7-16-12-2-1-9(17)6-10(8)12/h1-2,6-7,11,16-17H,3-5,14-15H2. The lowest BCUT2D eigenvalue weighted by Crippen LogP contribution is -2.35. The zero-order chi connectivity index (χ0) is 13.8. The molecule has 1 atom stereocenters. The second kappa shape index (κ2) is 5.73. The van der Waals surface area contributed by atoms with Crippen LogP contribution in [0.4, 0.5) is 0 Å². The number of aromatic nitrogens is 1. The summed E-state index contributed by atoms with van der Waals surface area (Å²) in [6.07, 6.45) is 2.12. The highest BCUT2D eigenvalue weighted by atomic mass is 16.5. The summed E-state index contributed by atoms with van der Waals surface area (Å²) in [5.41, 5.74) is 12.8. The zero-order valence-electron chi connectivity index (χ0n) is 10.4. The molecule has 102 valence electrons. The molecule has 6 N–H and O–H groups in total. The van der Waals surface area contributed by atoms with Crippen LogP contribution in [-0.2, 0) is 16.0 Å². The van der Waals surface area contributed by atoms with Crippen LogP contribution in [0.2, 0.25) is 0 Å². The Morgan fingerprint density at radius 1 is 1.47 bits per heavy atom. The smallest absolute Gasteiger partial charge is 0.323 e. The lowest BCUT2D eigenvalue weighted by Gasteiger charge is -2.10. The van der Waals surface area contributed by atoms with Crippen LogP contribution in [0, 0.1) is 0 Å². The van der Waals surface area contributed by atoms with Gasteiger partial charge in [0.15, 0.2) is 0 Å². The summed E-state index contributed by atoms with van der Waals surface area (Å²) in [6, 6.07) is 4.26. The minimum Gasteiger partial charge on any atom is -0.508 e. The maximum Gasteiger partial charge on any atom is 0.323 e. The largest absolute Gasteiger partial charge is 0.508 e. The summed E-state index contributed by atoms with van der Waals surface area (Å²) in [7, 11) is 0. The lowest BCUT2D eigenvalue weighted by molar-refractivity contribution is -0.144. The molecule has 19 heavy (non-hydrogen) atoms. The third kappa shape index (κ3) is 3.04. The Morgan fingerprint density at radius 3 is 3.00 bits per heavy atom. The molecule has 1 heterocycles. The number of H-pyrrole nitrogens is 1. The summed E-state index contributed by atoms with van der Waals surface area (Å²) in [6.45, 7) is 0.445. The van der Waals surface area contributed by atoms with E-state index in [2.05, 4.69) is 4.98 Å². The van der Waals surface area contributed by atoms with Crippen LogP contribution in [0.1, 0.15) is 5.56 Å². The monoisotopic (exact) mass is 263 g/mol. The maximum atomic E-state index is 11.6. The summed E-state index contributed by atoms with van der Waals surface area (Å²) < 4.78 is 4.89. The number of fused-ring (bicyclic) bond motifs is 1. The molecule has 2 aromatic rings. The molecule has 1 unspecified atom stereocenters. The van der Waals surface area contributed by atoms with Gasteiger partial charge >= 0.3 is 5.97 Å². The van der Waals surface area contributed by atoms with Crippen LogP contribution < -0.4 is 11.5 Å². The van der Waals surface area contributed by atoms with Crippen LogP contribution in [0.15, 0.2) is 24.4 Å². The number of aromatic hydroxyl groups is 1. The van der Waals surface area contributed by atoms with Gasteiger partial charge in [0.2, 0.25) is 0 Å². The first-order valence-corrected chi connectivity index (χ1v) is 6.03. The Balaban J connectivity index is 2.12. The molecule has 2 rings (SSSR count). The predicted octanol–water partition coefficient (Wildman–Crippen LogP) is 0.245. The van der Waals surface area contributed by atoms with Crippen molar-refractivity contribution in [2.75, 3.05) is 13.2 Å². The number of nitrogens with two attached hydrogens (primary N) is 2. The Hall–Kier alpha value is -2.05. The van der Waals surface area contributed by atoms with E-state index >= 15 is 0 Å². The van der Waals surface area contributed by atoms with Crippen molar-refractivity contribution in [1.82, 2.24) is 4.98 Å². The minimum atomic E-state index is -0.743. The molecule has 1 aromatic carbocycles. The third-order valence-corrected chi connectivity index (χ3v) is 2.86. The molecule has 0 saturated heterocycles. The Kier molecular flexibility index (Phi) is 4.03. The maximum absolute atomic E-state index is 11.6. The SMILES string of the molecule is NCCOC(=O)C(N)Cc1c[nH]c2ccc(O)cc12. The fourth-order valence-corrected chi connectivity index (χ4v) is 1.92. The molecule has 0 aliphatic heterocycles. The van der Waals surface area contributed by atoms with Crippen LogP contribution in [0.3, 0.4) is 0 Å². The number of carbonyl (C=O) groups is 1.